The maximum atomic E-state index is 12.5. The number of anilines is 1. The molecule has 1 atom stereocenters. The molecule has 0 aliphatic rings. The molecule has 0 saturated heterocycles. The number of allylic oxidation sites excluding steroid dienone is 1. The normalized spacial score (nSPS) is 13.1. The van der Waals surface area contributed by atoms with E-state index in [1.807, 2.05) is 34.6 Å². The van der Waals surface area contributed by atoms with E-state index in [4.69, 9.17) is 16.9 Å². The van der Waals surface area contributed by atoms with E-state index in [1.165, 1.54) is 17.0 Å². The smallest absolute Gasteiger partial charge is 0.254 e. The van der Waals surface area contributed by atoms with Crippen LogP contribution < -0.4 is 16.8 Å². The highest BCUT2D eigenvalue weighted by Gasteiger charge is 2.24. The van der Waals surface area contributed by atoms with Gasteiger partial charge in [0.2, 0.25) is 5.91 Å². The molecular weight excluding hydrogens is 422 g/mol. The minimum absolute atomic E-state index is 0.0783. The third-order valence-corrected chi connectivity index (χ3v) is 4.89. The second-order valence-electron chi connectivity index (χ2n) is 9.49. The van der Waals surface area contributed by atoms with Gasteiger partial charge in [0.1, 0.15) is 17.1 Å². The number of pyridine rings is 1. The van der Waals surface area contributed by atoms with Crippen molar-refractivity contribution in [3.63, 3.8) is 0 Å². The molecule has 0 saturated carbocycles. The summed E-state index contributed by atoms with van der Waals surface area (Å²) in [5.41, 5.74) is 13.0. The number of hydrogen-bond acceptors (Lipinski definition) is 7. The molecule has 10 heteroatoms. The molecule has 0 bridgehead atoms. The summed E-state index contributed by atoms with van der Waals surface area (Å²) < 4.78 is 1.51. The van der Waals surface area contributed by atoms with Crippen LogP contribution in [0, 0.1) is 10.8 Å². The molecule has 2 rings (SSSR count). The Labute approximate surface area is 193 Å². The van der Waals surface area contributed by atoms with Crippen molar-refractivity contribution in [1.82, 2.24) is 20.1 Å². The minimum Gasteiger partial charge on any atom is -0.494 e. The van der Waals surface area contributed by atoms with E-state index < -0.39 is 17.7 Å². The van der Waals surface area contributed by atoms with Crippen molar-refractivity contribution < 1.29 is 14.7 Å². The maximum absolute atomic E-state index is 12.5. The number of nitrogens with two attached hydrogens (primary N) is 2. The number of carbonyl (C=O) groups is 2. The molecule has 0 aliphatic heterocycles. The van der Waals surface area contributed by atoms with Gasteiger partial charge in [-0.15, -0.1) is 0 Å². The Bertz CT molecular complexity index is 1080. The number of aliphatic hydroxyl groups excluding tert-OH is 1. The van der Waals surface area contributed by atoms with Crippen LogP contribution in [0.1, 0.15) is 75.8 Å². The Kier molecular flexibility index (Phi) is 7.63. The summed E-state index contributed by atoms with van der Waals surface area (Å²) in [7, 11) is 0. The van der Waals surface area contributed by atoms with Crippen LogP contribution in [0.5, 0.6) is 0 Å². The Hall–Kier alpha value is -3.69. The van der Waals surface area contributed by atoms with Crippen molar-refractivity contribution >= 4 is 23.3 Å². The fourth-order valence-corrected chi connectivity index (χ4v) is 3.27. The summed E-state index contributed by atoms with van der Waals surface area (Å²) in [6.07, 6.45) is 3.19. The predicted molar refractivity (Wildman–Crippen MR) is 128 cm³/mol. The van der Waals surface area contributed by atoms with Crippen molar-refractivity contribution in [3.05, 3.63) is 41.4 Å². The molecule has 2 amide bonds. The van der Waals surface area contributed by atoms with Gasteiger partial charge in [-0.25, -0.2) is 4.68 Å². The van der Waals surface area contributed by atoms with Gasteiger partial charge in [-0.3, -0.25) is 19.9 Å². The average Bonchev–Trinajstić information content (AvgIpc) is 3.03. The average molecular weight is 456 g/mol. The van der Waals surface area contributed by atoms with Gasteiger partial charge in [-0.2, -0.15) is 5.10 Å². The third kappa shape index (κ3) is 6.41. The lowest BCUT2D eigenvalue weighted by Crippen LogP contribution is -2.28. The minimum atomic E-state index is -0.702. The number of nitrogen functional groups attached to an aromatic ring is 1. The summed E-state index contributed by atoms with van der Waals surface area (Å²) in [6.45, 7) is 11.4. The standard InChI is InChI=1S/C23H33N7O3/c1-12(2)30-20(25)18(21(26)32)19(29-30)16-8-7-14(11-27-16)13(3)22(33)28-17(31)9-15(24)10-23(4,5)6/h7-9,11-13,24,31H,10,25H2,1-6H3,(H2,26,32)(H,28,33)/b17-9-,24-15?. The van der Waals surface area contributed by atoms with Crippen molar-refractivity contribution in [2.75, 3.05) is 5.73 Å². The highest BCUT2D eigenvalue weighted by atomic mass is 16.3. The van der Waals surface area contributed by atoms with Crippen molar-refractivity contribution in [2.24, 2.45) is 11.1 Å². The summed E-state index contributed by atoms with van der Waals surface area (Å²) in [5, 5.41) is 24.8. The summed E-state index contributed by atoms with van der Waals surface area (Å²) in [6, 6.07) is 3.24. The van der Waals surface area contributed by atoms with E-state index >= 15 is 0 Å². The molecule has 2 aromatic heterocycles. The molecule has 0 spiro atoms. The van der Waals surface area contributed by atoms with E-state index in [-0.39, 0.29) is 40.1 Å². The first kappa shape index (κ1) is 25.6. The second-order valence-corrected chi connectivity index (χ2v) is 9.49. The van der Waals surface area contributed by atoms with Crippen molar-refractivity contribution in [2.45, 2.75) is 59.9 Å². The zero-order chi connectivity index (χ0) is 25.1. The Balaban J connectivity index is 2.20. The van der Waals surface area contributed by atoms with Gasteiger partial charge < -0.3 is 22.0 Å². The SMILES string of the molecule is CC(C(=O)N/C(O)=C/C(=N)CC(C)(C)C)c1ccc(-c2nn(C(C)C)c(N)c2C(N)=O)nc1. The number of aromatic nitrogens is 3. The number of hydrogen-bond donors (Lipinski definition) is 5. The lowest BCUT2D eigenvalue weighted by atomic mass is 9.89. The first-order chi connectivity index (χ1) is 15.2. The van der Waals surface area contributed by atoms with Crippen molar-refractivity contribution in [1.29, 1.82) is 5.41 Å². The van der Waals surface area contributed by atoms with E-state index in [2.05, 4.69) is 15.4 Å². The number of amides is 2. The molecule has 0 radical (unpaired) electrons. The number of rotatable bonds is 8. The summed E-state index contributed by atoms with van der Waals surface area (Å²) in [4.78, 5) is 28.8. The second kappa shape index (κ2) is 9.85. The fraction of sp³-hybridized carbons (Fsp3) is 0.435. The molecule has 10 nitrogen and oxygen atoms in total. The van der Waals surface area contributed by atoms with Crippen LogP contribution in [0.3, 0.4) is 0 Å². The quantitative estimate of drug-likeness (QED) is 0.302. The summed E-state index contributed by atoms with van der Waals surface area (Å²) in [5.74, 6) is -2.00. The monoisotopic (exact) mass is 455 g/mol. The van der Waals surface area contributed by atoms with Crippen LogP contribution in [-0.4, -0.2) is 37.4 Å². The summed E-state index contributed by atoms with van der Waals surface area (Å²) >= 11 is 0. The molecule has 1 unspecified atom stereocenters. The van der Waals surface area contributed by atoms with Gasteiger partial charge in [0, 0.05) is 24.0 Å². The van der Waals surface area contributed by atoms with Crippen LogP contribution >= 0.6 is 0 Å². The van der Waals surface area contributed by atoms with Gasteiger partial charge in [-0.05, 0) is 44.2 Å². The zero-order valence-electron chi connectivity index (χ0n) is 19.9. The predicted octanol–water partition coefficient (Wildman–Crippen LogP) is 3.28. The number of nitrogens with zero attached hydrogens (tertiary/aromatic N) is 3. The topological polar surface area (TPSA) is 173 Å². The Morgan fingerprint density at radius 2 is 1.91 bits per heavy atom. The third-order valence-electron chi connectivity index (χ3n) is 4.89. The van der Waals surface area contributed by atoms with Gasteiger partial charge in [0.05, 0.1) is 11.6 Å². The number of nitrogens with one attached hydrogen (secondary N) is 2. The van der Waals surface area contributed by atoms with Crippen LogP contribution in [0.15, 0.2) is 30.3 Å². The van der Waals surface area contributed by atoms with Crippen LogP contribution in [0.2, 0.25) is 0 Å². The number of primary amides is 1. The Morgan fingerprint density at radius 1 is 1.27 bits per heavy atom. The fourth-order valence-electron chi connectivity index (χ4n) is 3.27. The van der Waals surface area contributed by atoms with Crippen molar-refractivity contribution in [3.8, 4) is 11.4 Å². The van der Waals surface area contributed by atoms with Crippen LogP contribution in [0.4, 0.5) is 5.82 Å². The highest BCUT2D eigenvalue weighted by Crippen LogP contribution is 2.28. The van der Waals surface area contributed by atoms with E-state index in [0.29, 0.717) is 17.7 Å². The van der Waals surface area contributed by atoms with Gasteiger partial charge in [0.25, 0.3) is 5.91 Å². The molecule has 0 aliphatic carbocycles. The first-order valence-electron chi connectivity index (χ1n) is 10.6. The van der Waals surface area contributed by atoms with Gasteiger partial charge in [0.15, 0.2) is 5.88 Å². The van der Waals surface area contributed by atoms with Crippen LogP contribution in [0.25, 0.3) is 11.4 Å². The molecule has 0 aromatic carbocycles. The van der Waals surface area contributed by atoms with Gasteiger partial charge in [-0.1, -0.05) is 26.8 Å². The molecular formula is C23H33N7O3. The maximum Gasteiger partial charge on any atom is 0.254 e. The van der Waals surface area contributed by atoms with E-state index in [0.717, 1.165) is 0 Å². The Morgan fingerprint density at radius 3 is 2.39 bits per heavy atom. The molecule has 2 heterocycles. The molecule has 2 aromatic rings. The highest BCUT2D eigenvalue weighted by molar-refractivity contribution is 6.03. The molecule has 33 heavy (non-hydrogen) atoms. The molecule has 0 fully saturated rings. The number of carbonyl (C=O) groups excluding carboxylic acids is 2. The first-order valence-corrected chi connectivity index (χ1v) is 10.6. The van der Waals surface area contributed by atoms with Gasteiger partial charge >= 0.3 is 0 Å². The largest absolute Gasteiger partial charge is 0.494 e. The van der Waals surface area contributed by atoms with E-state index in [9.17, 15) is 14.7 Å². The van der Waals surface area contributed by atoms with E-state index in [1.54, 1.807) is 19.1 Å². The lowest BCUT2D eigenvalue weighted by Gasteiger charge is -2.17. The zero-order valence-corrected chi connectivity index (χ0v) is 19.9. The molecule has 7 N–H and O–H groups in total. The number of aliphatic hydroxyl groups is 1. The van der Waals surface area contributed by atoms with Crippen LogP contribution in [-0.2, 0) is 4.79 Å². The molecule has 178 valence electrons. The lowest BCUT2D eigenvalue weighted by molar-refractivity contribution is -0.122.